The van der Waals surface area contributed by atoms with Crippen molar-refractivity contribution in [2.24, 2.45) is 41.4 Å². The molecule has 97 heavy (non-hydrogen) atoms. The van der Waals surface area contributed by atoms with E-state index in [-0.39, 0.29) is 108 Å². The van der Waals surface area contributed by atoms with Crippen LogP contribution in [0.25, 0.3) is 0 Å². The van der Waals surface area contributed by atoms with Gasteiger partial charge in [-0.1, -0.05) is 120 Å². The molecule has 0 aliphatic heterocycles. The predicted molar refractivity (Wildman–Crippen MR) is 387 cm³/mol. The van der Waals surface area contributed by atoms with Crippen LogP contribution in [0, 0.1) is 41.4 Å². The molecule has 0 radical (unpaired) electrons. The molecule has 3 saturated carbocycles. The molecule has 14 unspecified atom stereocenters. The first-order valence-corrected chi connectivity index (χ1v) is 32.0. The summed E-state index contributed by atoms with van der Waals surface area (Å²) < 4.78 is 69.9. The second kappa shape index (κ2) is 66.2. The molecule has 0 spiro atoms. The third-order valence-electron chi connectivity index (χ3n) is 16.3. The van der Waals surface area contributed by atoms with Crippen molar-refractivity contribution in [2.45, 2.75) is 147 Å². The Kier molecular flexibility index (Phi) is 72.4. The molecule has 3 fully saturated rings. The number of carbonyl (C=O) groups is 5. The lowest BCUT2D eigenvalue weighted by Gasteiger charge is -2.29. The Bertz CT molecular complexity index is 2150. The van der Waals surface area contributed by atoms with Gasteiger partial charge in [0.05, 0.1) is 88.5 Å². The van der Waals surface area contributed by atoms with Gasteiger partial charge in [0.25, 0.3) is 0 Å². The van der Waals surface area contributed by atoms with Crippen LogP contribution in [-0.2, 0) is 85.5 Å². The lowest BCUT2D eigenvalue weighted by Crippen LogP contribution is -2.35. The fraction of sp³-hybridized carbons (Fsp3) is 0.740. The molecule has 2 bridgehead atoms. The number of benzene rings is 2. The Morgan fingerprint density at radius 3 is 1.42 bits per heavy atom. The summed E-state index contributed by atoms with van der Waals surface area (Å²) >= 11 is 5.44. The van der Waals surface area contributed by atoms with Gasteiger partial charge in [0, 0.05) is 110 Å². The van der Waals surface area contributed by atoms with Crippen LogP contribution in [0.4, 0.5) is 0 Å². The van der Waals surface area contributed by atoms with E-state index in [2.05, 4.69) is 48.6 Å². The van der Waals surface area contributed by atoms with E-state index in [9.17, 15) is 24.0 Å². The number of halogens is 1. The largest absolute Gasteiger partial charge is 0.481 e. The number of alkyl halides is 1. The molecule has 3 aliphatic rings. The molecule has 5 rings (SSSR count). The first-order chi connectivity index (χ1) is 44.4. The molecule has 23 nitrogen and oxygen atoms in total. The second-order valence-corrected chi connectivity index (χ2v) is 22.5. The summed E-state index contributed by atoms with van der Waals surface area (Å²) in [5.41, 5.74) is 1.89. The maximum absolute atomic E-state index is 12.0. The van der Waals surface area contributed by atoms with Crippen molar-refractivity contribution in [3.05, 3.63) is 83.9 Å². The minimum atomic E-state index is -1.02. The Morgan fingerprint density at radius 2 is 1.08 bits per heavy atom. The van der Waals surface area contributed by atoms with Gasteiger partial charge in [-0.3, -0.25) is 14.4 Å². The van der Waals surface area contributed by atoms with Gasteiger partial charge in [-0.2, -0.15) is 0 Å². The maximum atomic E-state index is 12.0. The minimum absolute atomic E-state index is 0. The van der Waals surface area contributed by atoms with Crippen LogP contribution < -0.4 is 0 Å². The van der Waals surface area contributed by atoms with Crippen LogP contribution in [0.1, 0.15) is 131 Å². The molecule has 14 atom stereocenters. The van der Waals surface area contributed by atoms with Crippen LogP contribution in [0.3, 0.4) is 0 Å². The number of nitrogens with zero attached hydrogens (tertiary/aromatic N) is 1. The Hall–Kier alpha value is -4.38. The van der Waals surface area contributed by atoms with E-state index in [0.717, 1.165) is 37.5 Å². The highest BCUT2D eigenvalue weighted by Crippen LogP contribution is 2.55. The number of aliphatic carboxylic acids is 2. The van der Waals surface area contributed by atoms with Gasteiger partial charge in [0.15, 0.2) is 17.7 Å². The Morgan fingerprint density at radius 1 is 0.598 bits per heavy atom. The van der Waals surface area contributed by atoms with E-state index in [4.69, 9.17) is 83.8 Å². The maximum Gasteiger partial charge on any atom is 0.335 e. The van der Waals surface area contributed by atoms with Gasteiger partial charge < -0.3 is 86.5 Å². The predicted octanol–water partition coefficient (Wildman–Crippen LogP) is 12.0. The van der Waals surface area contributed by atoms with Gasteiger partial charge in [0.1, 0.15) is 24.2 Å². The lowest BCUT2D eigenvalue weighted by atomic mass is 9.76. The lowest BCUT2D eigenvalue weighted by molar-refractivity contribution is -0.151. The Balaban J connectivity index is -0.000000192. The van der Waals surface area contributed by atoms with Crippen molar-refractivity contribution in [1.29, 1.82) is 0 Å². The number of fused-ring (bicyclic) bond motifs is 2. The summed E-state index contributed by atoms with van der Waals surface area (Å²) in [4.78, 5) is 58.0. The zero-order chi connectivity index (χ0) is 71.4. The number of likely N-dealkylation sites (N-methyl/N-ethyl adjacent to an activating group) is 1. The normalized spacial score (nSPS) is 20.4. The highest BCUT2D eigenvalue weighted by molar-refractivity contribution is 6.18. The van der Waals surface area contributed by atoms with E-state index in [1.807, 2.05) is 44.2 Å². The summed E-state index contributed by atoms with van der Waals surface area (Å²) in [6.45, 7) is 27.8. The van der Waals surface area contributed by atoms with Crippen molar-refractivity contribution >= 4 is 41.1 Å². The molecule has 3 aliphatic carbocycles. The number of rotatable bonds is 35. The zero-order valence-electron chi connectivity index (χ0n) is 59.7. The van der Waals surface area contributed by atoms with E-state index in [1.54, 1.807) is 103 Å². The summed E-state index contributed by atoms with van der Waals surface area (Å²) in [5.74, 6) is -0.963. The number of methoxy groups -OCH3 is 12. The number of carboxylic acids is 3. The first-order valence-electron chi connectivity index (χ1n) is 31.5. The van der Waals surface area contributed by atoms with Crippen LogP contribution in [0.15, 0.2) is 67.3 Å². The zero-order valence-corrected chi connectivity index (χ0v) is 60.4. The number of carbonyl (C=O) groups excluding carboxylic acids is 2. The standard InChI is InChI=1S/C14H14O4.C10H16O2.C10H14O2.C9H21NO2.C8H18O3.C8H16O3.C5H11ClO2.C5H10O4.4CH4/c1-7-8(2)13(16)11(12(7)15)9-3-5-10(6-4-9)14(17)18;1-5-6(2)8-3-7(5)4-9(8)10(11)12;1-11-8-10(12-2)9-6-4-3-5-7-9;1-5-10(6-2)7-9(12-4)8-11-3;1-5-11-7(2)8(10-4)6-9-3;1-4-5-11-7-8(10-3)6-9-2;1-7-4-5(3-6)8-2;1-8-3-4(9-2)5(6)7;;;;/h3-8,11H,1-2H3,(H,17,18);5-9H,3-4H2,1-2H3,(H,11,12);3-7,10H,8H2,1-2H3;9H,5-8H2,1-4H3;7-8H,5-6H2,1-4H3;4,8H,1,5-7H2,2-3H3;5H,3-4H2,1-2H3;4H,3H2,1-2H3,(H,6,7);4*1H4. The smallest absolute Gasteiger partial charge is 0.335 e. The summed E-state index contributed by atoms with van der Waals surface area (Å²) in [6, 6.07) is 16.0. The number of Topliss-reactive ketones (excluding diaryl/α,β-unsaturated/α-hetero) is 2. The number of ketones is 2. The van der Waals surface area contributed by atoms with E-state index in [0.29, 0.717) is 82.1 Å². The molecule has 0 saturated heterocycles. The summed E-state index contributed by atoms with van der Waals surface area (Å²) in [7, 11) is 19.4. The third-order valence-corrected chi connectivity index (χ3v) is 16.6. The SMILES string of the molecule is C.C.C.C.C=CCOCC(COC)OC.CC1C(=O)C(c2ccc(C(=O)O)cc2)C(=O)C1C.CC1C2CC(C(=O)O)C(C2)C1C.CCN(CC)CC(COC)OC.CCOC(C)C(COC)OC.COCC(CCl)OC.COCC(OC)C(=O)O.COCC(OC)c1ccccc1. The minimum Gasteiger partial charge on any atom is -0.481 e. The molecule has 3 N–H and O–H groups in total. The summed E-state index contributed by atoms with van der Waals surface area (Å²) in [5, 5.41) is 26.0. The van der Waals surface area contributed by atoms with Crippen LogP contribution in [-0.4, -0.2) is 257 Å². The fourth-order valence-corrected chi connectivity index (χ4v) is 10.4. The van der Waals surface area contributed by atoms with E-state index < -0.39 is 29.9 Å². The topological polar surface area (TPSA) is 278 Å². The fourth-order valence-electron chi connectivity index (χ4n) is 10.1. The molecule has 572 valence electrons. The van der Waals surface area contributed by atoms with Crippen molar-refractivity contribution < 1.29 is 106 Å². The van der Waals surface area contributed by atoms with E-state index >= 15 is 0 Å². The first kappa shape index (κ1) is 106. The highest BCUT2D eigenvalue weighted by Gasteiger charge is 2.51. The van der Waals surface area contributed by atoms with Gasteiger partial charge in [-0.05, 0) is 86.7 Å². The van der Waals surface area contributed by atoms with Crippen molar-refractivity contribution in [2.75, 3.05) is 170 Å². The number of hydrogen-bond acceptors (Lipinski definition) is 20. The van der Waals surface area contributed by atoms with Gasteiger partial charge in [-0.15, -0.1) is 18.2 Å². The number of aromatic carboxylic acids is 1. The third kappa shape index (κ3) is 43.8. The molecular formula is C73H136ClNO22. The van der Waals surface area contributed by atoms with Gasteiger partial charge in [-0.25, -0.2) is 9.59 Å². The Labute approximate surface area is 591 Å². The molecule has 0 aromatic heterocycles. The van der Waals surface area contributed by atoms with Crippen LogP contribution in [0.2, 0.25) is 0 Å². The van der Waals surface area contributed by atoms with Crippen molar-refractivity contribution in [3.63, 3.8) is 0 Å². The van der Waals surface area contributed by atoms with Crippen molar-refractivity contribution in [1.82, 2.24) is 4.90 Å². The molecule has 0 amide bonds. The monoisotopic (exact) mass is 1410 g/mol. The quantitative estimate of drug-likeness (QED) is 0.0250. The van der Waals surface area contributed by atoms with Crippen molar-refractivity contribution in [3.8, 4) is 0 Å². The van der Waals surface area contributed by atoms with Crippen LogP contribution >= 0.6 is 11.6 Å². The highest BCUT2D eigenvalue weighted by atomic mass is 35.5. The average Bonchev–Trinajstić information content (AvgIpc) is 1.64. The molecular weight excluding hydrogens is 1280 g/mol. The number of ether oxygens (including phenoxy) is 14. The molecule has 2 aromatic rings. The summed E-state index contributed by atoms with van der Waals surface area (Å²) in [6.07, 6.45) is 3.44. The molecule has 24 heteroatoms. The van der Waals surface area contributed by atoms with Gasteiger partial charge >= 0.3 is 17.9 Å². The molecule has 0 heterocycles. The number of hydrogen-bond donors (Lipinski definition) is 3. The second-order valence-electron chi connectivity index (χ2n) is 22.2. The van der Waals surface area contributed by atoms with E-state index in [1.165, 1.54) is 32.8 Å². The van der Waals surface area contributed by atoms with Crippen LogP contribution in [0.5, 0.6) is 0 Å². The molecule has 2 aromatic carbocycles. The number of carboxylic acid groups (broad SMARTS) is 3. The average molecular weight is 1420 g/mol. The van der Waals surface area contributed by atoms with Gasteiger partial charge in [0.2, 0.25) is 0 Å².